The number of Topliss-reactive ketones (excluding diaryl/α,β-unsaturated/α-hetero) is 1. The number of fused-ring (bicyclic) bond motifs is 1. The summed E-state index contributed by atoms with van der Waals surface area (Å²) in [7, 11) is 0. The van der Waals surface area contributed by atoms with Crippen LogP contribution in [0.3, 0.4) is 0 Å². The van der Waals surface area contributed by atoms with Gasteiger partial charge in [-0.15, -0.1) is 0 Å². The van der Waals surface area contributed by atoms with E-state index in [-0.39, 0.29) is 11.3 Å². The number of aliphatic hydroxyl groups is 1. The predicted molar refractivity (Wildman–Crippen MR) is 116 cm³/mol. The van der Waals surface area contributed by atoms with Crippen LogP contribution in [-0.4, -0.2) is 33.2 Å². The van der Waals surface area contributed by atoms with Crippen LogP contribution in [0.2, 0.25) is 0 Å². The molecule has 7 heteroatoms. The fraction of sp³-hybridized carbons (Fsp3) is 0.261. The van der Waals surface area contributed by atoms with Gasteiger partial charge in [0.15, 0.2) is 11.5 Å². The molecule has 1 aliphatic heterocycles. The fourth-order valence-corrected chi connectivity index (χ4v) is 4.13. The minimum Gasteiger partial charge on any atom is -0.503 e. The molecule has 1 unspecified atom stereocenters. The Labute approximate surface area is 182 Å². The third kappa shape index (κ3) is 3.65. The minimum absolute atomic E-state index is 0.00770. The first-order valence-electron chi connectivity index (χ1n) is 9.90. The third-order valence-corrected chi connectivity index (χ3v) is 5.71. The van der Waals surface area contributed by atoms with E-state index in [1.54, 1.807) is 36.5 Å². The van der Waals surface area contributed by atoms with E-state index < -0.39 is 23.5 Å². The van der Waals surface area contributed by atoms with Crippen LogP contribution in [0.5, 0.6) is 0 Å². The van der Waals surface area contributed by atoms with Gasteiger partial charge in [0.25, 0.3) is 5.91 Å². The molecule has 6 nitrogen and oxygen atoms in total. The number of aromatic nitrogens is 1. The zero-order chi connectivity index (χ0) is 21.3. The fourth-order valence-electron chi connectivity index (χ4n) is 3.75. The standard InChI is InChI=1S/C23H21BrN2O4/c1-2-3-6-11-26-20(16-7-4-5-10-25-16)19(22(28)23(26)29)21(27)18-13-14-12-15(24)8-9-17(14)30-18/h4-5,7-10,12-13,20,28H,2-3,6,11H2,1H3. The number of carbonyl (C=O) groups excluding carboxylic acids is 2. The summed E-state index contributed by atoms with van der Waals surface area (Å²) in [5.74, 6) is -1.52. The second-order valence-corrected chi connectivity index (χ2v) is 8.16. The van der Waals surface area contributed by atoms with Crippen molar-refractivity contribution in [3.63, 3.8) is 0 Å². The quantitative estimate of drug-likeness (QED) is 0.372. The first-order chi connectivity index (χ1) is 14.5. The van der Waals surface area contributed by atoms with Crippen LogP contribution in [-0.2, 0) is 4.79 Å². The van der Waals surface area contributed by atoms with E-state index in [9.17, 15) is 14.7 Å². The minimum atomic E-state index is -0.747. The van der Waals surface area contributed by atoms with Crippen LogP contribution in [0, 0.1) is 0 Å². The Hall–Kier alpha value is -2.93. The Morgan fingerprint density at radius 2 is 2.07 bits per heavy atom. The van der Waals surface area contributed by atoms with Crippen LogP contribution in [0.25, 0.3) is 11.0 Å². The molecule has 1 N–H and O–H groups in total. The zero-order valence-electron chi connectivity index (χ0n) is 16.5. The summed E-state index contributed by atoms with van der Waals surface area (Å²) in [6, 6.07) is 11.6. The lowest BCUT2D eigenvalue weighted by Gasteiger charge is -2.25. The van der Waals surface area contributed by atoms with E-state index >= 15 is 0 Å². The second kappa shape index (κ2) is 8.44. The maximum atomic E-state index is 13.4. The highest BCUT2D eigenvalue weighted by Gasteiger charge is 2.44. The summed E-state index contributed by atoms with van der Waals surface area (Å²) < 4.78 is 6.60. The largest absolute Gasteiger partial charge is 0.503 e. The normalized spacial score (nSPS) is 16.7. The molecule has 2 aromatic heterocycles. The first-order valence-corrected chi connectivity index (χ1v) is 10.7. The molecular weight excluding hydrogens is 448 g/mol. The smallest absolute Gasteiger partial charge is 0.290 e. The first kappa shape index (κ1) is 20.3. The Kier molecular flexibility index (Phi) is 5.72. The molecule has 0 saturated heterocycles. The van der Waals surface area contributed by atoms with Crippen LogP contribution in [0.4, 0.5) is 0 Å². The van der Waals surface area contributed by atoms with Gasteiger partial charge in [-0.1, -0.05) is 41.8 Å². The number of halogens is 1. The molecule has 1 atom stereocenters. The van der Waals surface area contributed by atoms with Gasteiger partial charge >= 0.3 is 0 Å². The third-order valence-electron chi connectivity index (χ3n) is 5.22. The van der Waals surface area contributed by atoms with Crippen molar-refractivity contribution >= 4 is 38.6 Å². The molecule has 0 saturated carbocycles. The van der Waals surface area contributed by atoms with Gasteiger partial charge in [0.2, 0.25) is 5.78 Å². The van der Waals surface area contributed by atoms with Gasteiger partial charge in [0.1, 0.15) is 11.6 Å². The van der Waals surface area contributed by atoms with Gasteiger partial charge in [-0.3, -0.25) is 14.6 Å². The van der Waals surface area contributed by atoms with Crippen LogP contribution < -0.4 is 0 Å². The van der Waals surface area contributed by atoms with E-state index in [1.165, 1.54) is 4.90 Å². The molecular formula is C23H21BrN2O4. The monoisotopic (exact) mass is 468 g/mol. The number of nitrogens with zero attached hydrogens (tertiary/aromatic N) is 2. The second-order valence-electron chi connectivity index (χ2n) is 7.25. The molecule has 1 aliphatic rings. The lowest BCUT2D eigenvalue weighted by Crippen LogP contribution is -2.32. The van der Waals surface area contributed by atoms with E-state index in [0.29, 0.717) is 17.8 Å². The number of ketones is 1. The van der Waals surface area contributed by atoms with Crippen molar-refractivity contribution < 1.29 is 19.1 Å². The summed E-state index contributed by atoms with van der Waals surface area (Å²) in [5.41, 5.74) is 1.10. The maximum absolute atomic E-state index is 13.4. The van der Waals surface area contributed by atoms with Crippen molar-refractivity contribution in [3.05, 3.63) is 75.9 Å². The van der Waals surface area contributed by atoms with Crippen molar-refractivity contribution in [3.8, 4) is 0 Å². The predicted octanol–water partition coefficient (Wildman–Crippen LogP) is 5.36. The molecule has 0 aliphatic carbocycles. The van der Waals surface area contributed by atoms with Gasteiger partial charge in [-0.2, -0.15) is 0 Å². The summed E-state index contributed by atoms with van der Waals surface area (Å²) >= 11 is 3.40. The number of benzene rings is 1. The molecule has 1 aromatic carbocycles. The van der Waals surface area contributed by atoms with Crippen molar-refractivity contribution in [1.82, 2.24) is 9.88 Å². The molecule has 4 rings (SSSR count). The van der Waals surface area contributed by atoms with Gasteiger partial charge in [-0.05, 0) is 42.8 Å². The summed E-state index contributed by atoms with van der Waals surface area (Å²) in [6.07, 6.45) is 4.33. The van der Waals surface area contributed by atoms with E-state index in [2.05, 4.69) is 27.8 Å². The highest BCUT2D eigenvalue weighted by molar-refractivity contribution is 9.10. The highest BCUT2D eigenvalue weighted by Crippen LogP contribution is 2.39. The number of unbranched alkanes of at least 4 members (excludes halogenated alkanes) is 2. The molecule has 0 bridgehead atoms. The van der Waals surface area contributed by atoms with Crippen LogP contribution in [0.1, 0.15) is 48.5 Å². The Morgan fingerprint density at radius 3 is 2.80 bits per heavy atom. The van der Waals surface area contributed by atoms with Crippen molar-refractivity contribution in [2.75, 3.05) is 6.54 Å². The number of pyridine rings is 1. The lowest BCUT2D eigenvalue weighted by atomic mass is 9.98. The van der Waals surface area contributed by atoms with E-state index in [1.807, 2.05) is 12.1 Å². The summed E-state index contributed by atoms with van der Waals surface area (Å²) in [4.78, 5) is 32.1. The van der Waals surface area contributed by atoms with Gasteiger partial charge in [0, 0.05) is 22.6 Å². The van der Waals surface area contributed by atoms with E-state index in [0.717, 1.165) is 29.1 Å². The number of furan rings is 1. The number of hydrogen-bond acceptors (Lipinski definition) is 5. The molecule has 3 aromatic rings. The van der Waals surface area contributed by atoms with Crippen LogP contribution in [0.15, 0.2) is 68.9 Å². The maximum Gasteiger partial charge on any atom is 0.290 e. The number of hydrogen-bond donors (Lipinski definition) is 1. The molecule has 154 valence electrons. The zero-order valence-corrected chi connectivity index (χ0v) is 18.1. The van der Waals surface area contributed by atoms with E-state index in [4.69, 9.17) is 4.42 Å². The molecule has 30 heavy (non-hydrogen) atoms. The molecule has 0 fully saturated rings. The lowest BCUT2D eigenvalue weighted by molar-refractivity contribution is -0.129. The molecule has 0 spiro atoms. The Bertz CT molecular complexity index is 1140. The number of amides is 1. The van der Waals surface area contributed by atoms with Crippen LogP contribution >= 0.6 is 15.9 Å². The Balaban J connectivity index is 1.76. The molecule has 3 heterocycles. The number of aliphatic hydroxyl groups excluding tert-OH is 1. The van der Waals surface area contributed by atoms with Crippen molar-refractivity contribution in [2.45, 2.75) is 32.2 Å². The average molecular weight is 469 g/mol. The summed E-state index contributed by atoms with van der Waals surface area (Å²) in [5, 5.41) is 11.4. The van der Waals surface area contributed by atoms with Crippen molar-refractivity contribution in [2.24, 2.45) is 0 Å². The topological polar surface area (TPSA) is 83.6 Å². The number of carbonyl (C=O) groups is 2. The molecule has 1 amide bonds. The molecule has 0 radical (unpaired) electrons. The highest BCUT2D eigenvalue weighted by atomic mass is 79.9. The Morgan fingerprint density at radius 1 is 1.23 bits per heavy atom. The number of rotatable bonds is 7. The van der Waals surface area contributed by atoms with Gasteiger partial charge < -0.3 is 14.4 Å². The summed E-state index contributed by atoms with van der Waals surface area (Å²) in [6.45, 7) is 2.51. The van der Waals surface area contributed by atoms with Gasteiger partial charge in [-0.25, -0.2) is 0 Å². The van der Waals surface area contributed by atoms with Gasteiger partial charge in [0.05, 0.1) is 11.3 Å². The van der Waals surface area contributed by atoms with Crippen molar-refractivity contribution in [1.29, 1.82) is 0 Å². The average Bonchev–Trinajstić information content (AvgIpc) is 3.28. The SMILES string of the molecule is CCCCCN1C(=O)C(O)=C(C(=O)c2cc3cc(Br)ccc3o2)C1c1ccccn1.